The maximum Gasteiger partial charge on any atom is 0.262 e. The van der Waals surface area contributed by atoms with Crippen LogP contribution in [-0.4, -0.2) is 27.4 Å². The summed E-state index contributed by atoms with van der Waals surface area (Å²) in [4.78, 5) is 17.6. The lowest BCUT2D eigenvalue weighted by Gasteiger charge is -2.17. The van der Waals surface area contributed by atoms with E-state index >= 15 is 0 Å². The molecule has 3 heterocycles. The number of aliphatic hydroxyl groups excluding tert-OH is 1. The first-order valence-electron chi connectivity index (χ1n) is 10.0. The van der Waals surface area contributed by atoms with Crippen LogP contribution in [0.4, 0.5) is 0 Å². The van der Waals surface area contributed by atoms with Crippen LogP contribution in [0.5, 0.6) is 5.75 Å². The van der Waals surface area contributed by atoms with Crippen molar-refractivity contribution in [3.05, 3.63) is 75.4 Å². The number of benzene rings is 1. The first-order chi connectivity index (χ1) is 15.4. The number of amides is 1. The van der Waals surface area contributed by atoms with Gasteiger partial charge < -0.3 is 20.9 Å². The van der Waals surface area contributed by atoms with Crippen molar-refractivity contribution in [1.29, 1.82) is 0 Å². The molecule has 0 aliphatic carbocycles. The Kier molecular flexibility index (Phi) is 6.48. The van der Waals surface area contributed by atoms with Gasteiger partial charge in [-0.15, -0.1) is 11.3 Å². The molecule has 0 aliphatic rings. The summed E-state index contributed by atoms with van der Waals surface area (Å²) in [6.07, 6.45) is 3.14. The Balaban J connectivity index is 1.68. The fourth-order valence-corrected chi connectivity index (χ4v) is 4.84. The summed E-state index contributed by atoms with van der Waals surface area (Å²) < 4.78 is 8.02. The van der Waals surface area contributed by atoms with Crippen LogP contribution in [0.2, 0.25) is 5.02 Å². The van der Waals surface area contributed by atoms with E-state index < -0.39 is 12.0 Å². The van der Waals surface area contributed by atoms with Crippen LogP contribution in [0.3, 0.4) is 0 Å². The van der Waals surface area contributed by atoms with Gasteiger partial charge in [0.1, 0.15) is 22.4 Å². The van der Waals surface area contributed by atoms with Crippen molar-refractivity contribution in [2.24, 2.45) is 5.73 Å². The number of hydrogen-bond donors (Lipinski definition) is 3. The Morgan fingerprint density at radius 2 is 2.09 bits per heavy atom. The molecule has 0 bridgehead atoms. The van der Waals surface area contributed by atoms with Gasteiger partial charge in [-0.1, -0.05) is 29.8 Å². The predicted octanol–water partition coefficient (Wildman–Crippen LogP) is 4.17. The number of aliphatic hydroxyl groups is 1. The summed E-state index contributed by atoms with van der Waals surface area (Å²) in [5.41, 5.74) is 9.79. The van der Waals surface area contributed by atoms with Crippen LogP contribution < -0.4 is 15.8 Å². The number of halogens is 1. The number of hydrogen-bond acceptors (Lipinski definition) is 6. The molecule has 1 amide bonds. The van der Waals surface area contributed by atoms with Crippen molar-refractivity contribution in [3.8, 4) is 16.3 Å². The number of thiophene rings is 1. The quantitative estimate of drug-likeness (QED) is 0.359. The van der Waals surface area contributed by atoms with E-state index in [4.69, 9.17) is 22.1 Å². The van der Waals surface area contributed by atoms with Gasteiger partial charge in [-0.25, -0.2) is 4.98 Å². The molecule has 0 fully saturated rings. The second-order valence-electron chi connectivity index (χ2n) is 7.38. The first kappa shape index (κ1) is 22.3. The number of pyridine rings is 1. The number of nitrogens with zero attached hydrogens (tertiary/aromatic N) is 2. The van der Waals surface area contributed by atoms with E-state index in [0.29, 0.717) is 22.2 Å². The molecule has 166 valence electrons. The molecule has 1 atom stereocenters. The van der Waals surface area contributed by atoms with Gasteiger partial charge in [0.05, 0.1) is 23.4 Å². The number of rotatable bonds is 8. The maximum atomic E-state index is 12.1. The van der Waals surface area contributed by atoms with Gasteiger partial charge in [0.15, 0.2) is 0 Å². The van der Waals surface area contributed by atoms with Gasteiger partial charge in [0.25, 0.3) is 5.91 Å². The molecule has 1 aromatic carbocycles. The number of ether oxygens (including phenoxy) is 1. The fourth-order valence-electron chi connectivity index (χ4n) is 3.53. The Labute approximate surface area is 194 Å². The molecule has 0 radical (unpaired) electrons. The Bertz CT molecular complexity index is 1280. The molecule has 3 aromatic heterocycles. The molecule has 4 N–H and O–H groups in total. The Hall–Kier alpha value is -2.91. The average molecular weight is 471 g/mol. The fraction of sp³-hybridized carbons (Fsp3) is 0.217. The number of nitrogens with two attached hydrogens (primary N) is 1. The normalized spacial score (nSPS) is 12.2. The van der Waals surface area contributed by atoms with Gasteiger partial charge in [0.2, 0.25) is 0 Å². The molecular weight excluding hydrogens is 448 g/mol. The zero-order chi connectivity index (χ0) is 22.8. The predicted molar refractivity (Wildman–Crippen MR) is 126 cm³/mol. The van der Waals surface area contributed by atoms with E-state index in [0.717, 1.165) is 32.9 Å². The number of carbonyl (C=O) groups excluding carboxylic acids is 1. The van der Waals surface area contributed by atoms with E-state index in [2.05, 4.69) is 10.3 Å². The second-order valence-corrected chi connectivity index (χ2v) is 8.84. The lowest BCUT2D eigenvalue weighted by molar-refractivity contribution is 0.0998. The smallest absolute Gasteiger partial charge is 0.262 e. The van der Waals surface area contributed by atoms with Crippen LogP contribution in [0, 0.1) is 0 Å². The highest BCUT2D eigenvalue weighted by Gasteiger charge is 2.21. The van der Waals surface area contributed by atoms with Gasteiger partial charge in [-0.2, -0.15) is 0 Å². The highest BCUT2D eigenvalue weighted by atomic mass is 35.5. The molecule has 7 nitrogen and oxygen atoms in total. The lowest BCUT2D eigenvalue weighted by Crippen LogP contribution is -2.12. The zero-order valence-electron chi connectivity index (χ0n) is 17.6. The van der Waals surface area contributed by atoms with E-state index in [1.807, 2.05) is 54.9 Å². The summed E-state index contributed by atoms with van der Waals surface area (Å²) in [5.74, 6) is -0.169. The SMILES string of the molecule is CNCc1ccc(C(C)Oc2cc(-c3cnc4ccc(CO)cn34)sc2C(N)=O)c(Cl)c1. The highest BCUT2D eigenvalue weighted by Crippen LogP contribution is 2.39. The number of carbonyl (C=O) groups is 1. The maximum absolute atomic E-state index is 12.1. The van der Waals surface area contributed by atoms with Gasteiger partial charge in [-0.05, 0) is 37.2 Å². The molecule has 9 heteroatoms. The molecule has 4 rings (SSSR count). The third kappa shape index (κ3) is 4.35. The molecular formula is C23H23ClN4O3S. The van der Waals surface area contributed by atoms with Crippen LogP contribution in [0.1, 0.15) is 39.4 Å². The Morgan fingerprint density at radius 3 is 2.78 bits per heavy atom. The minimum Gasteiger partial charge on any atom is -0.484 e. The summed E-state index contributed by atoms with van der Waals surface area (Å²) >= 11 is 7.72. The standard InChI is InChI=1S/C23H23ClN4O3S/c1-13(16-5-3-14(9-26-2)7-17(16)24)31-19-8-20(32-22(19)23(25)30)18-10-27-21-6-4-15(12-29)11-28(18)21/h3-8,10-11,13,26,29H,9,12H2,1-2H3,(H2,25,30). The highest BCUT2D eigenvalue weighted by molar-refractivity contribution is 7.17. The molecule has 32 heavy (non-hydrogen) atoms. The van der Waals surface area contributed by atoms with Crippen molar-refractivity contribution in [2.75, 3.05) is 7.05 Å². The molecule has 4 aromatic rings. The van der Waals surface area contributed by atoms with Gasteiger partial charge in [0, 0.05) is 29.4 Å². The van der Waals surface area contributed by atoms with Crippen molar-refractivity contribution >= 4 is 34.5 Å². The number of aromatic nitrogens is 2. The van der Waals surface area contributed by atoms with Crippen molar-refractivity contribution in [3.63, 3.8) is 0 Å². The Morgan fingerprint density at radius 1 is 1.31 bits per heavy atom. The monoisotopic (exact) mass is 470 g/mol. The molecule has 0 spiro atoms. The summed E-state index contributed by atoms with van der Waals surface area (Å²) in [6, 6.07) is 11.3. The minimum atomic E-state index is -0.566. The van der Waals surface area contributed by atoms with Crippen LogP contribution in [0.25, 0.3) is 16.2 Å². The van der Waals surface area contributed by atoms with Crippen LogP contribution >= 0.6 is 22.9 Å². The number of nitrogens with one attached hydrogen (secondary N) is 1. The molecule has 0 saturated carbocycles. The van der Waals surface area contributed by atoms with Crippen LogP contribution in [-0.2, 0) is 13.2 Å². The number of primary amides is 1. The van der Waals surface area contributed by atoms with Crippen molar-refractivity contribution < 1.29 is 14.6 Å². The van der Waals surface area contributed by atoms with Gasteiger partial charge >= 0.3 is 0 Å². The lowest BCUT2D eigenvalue weighted by atomic mass is 10.1. The topological polar surface area (TPSA) is 102 Å². The summed E-state index contributed by atoms with van der Waals surface area (Å²) in [6.45, 7) is 2.51. The summed E-state index contributed by atoms with van der Waals surface area (Å²) in [5, 5.41) is 13.2. The van der Waals surface area contributed by atoms with E-state index in [-0.39, 0.29) is 6.61 Å². The zero-order valence-corrected chi connectivity index (χ0v) is 19.2. The van der Waals surface area contributed by atoms with E-state index in [1.54, 1.807) is 12.3 Å². The van der Waals surface area contributed by atoms with E-state index in [1.165, 1.54) is 11.3 Å². The minimum absolute atomic E-state index is 0.0791. The molecule has 0 aliphatic heterocycles. The van der Waals surface area contributed by atoms with Gasteiger partial charge in [-0.3, -0.25) is 9.20 Å². The number of fused-ring (bicyclic) bond motifs is 1. The summed E-state index contributed by atoms with van der Waals surface area (Å²) in [7, 11) is 1.88. The third-order valence-corrected chi connectivity index (χ3v) is 6.59. The first-order valence-corrected chi connectivity index (χ1v) is 11.2. The average Bonchev–Trinajstić information content (AvgIpc) is 3.37. The van der Waals surface area contributed by atoms with Crippen LogP contribution in [0.15, 0.2) is 48.8 Å². The largest absolute Gasteiger partial charge is 0.484 e. The van der Waals surface area contributed by atoms with E-state index in [9.17, 15) is 9.90 Å². The van der Waals surface area contributed by atoms with Crippen molar-refractivity contribution in [2.45, 2.75) is 26.2 Å². The molecule has 1 unspecified atom stereocenters. The second kappa shape index (κ2) is 9.30. The number of imidazole rings is 1. The molecule has 0 saturated heterocycles. The third-order valence-electron chi connectivity index (χ3n) is 5.11. The van der Waals surface area contributed by atoms with Crippen molar-refractivity contribution in [1.82, 2.24) is 14.7 Å².